The maximum absolute atomic E-state index is 12.2. The number of nitrogens with zero attached hydrogens (tertiary/aromatic N) is 1. The van der Waals surface area contributed by atoms with E-state index in [0.29, 0.717) is 36.6 Å². The third kappa shape index (κ3) is 3.96. The van der Waals surface area contributed by atoms with Crippen LogP contribution in [0.25, 0.3) is 0 Å². The van der Waals surface area contributed by atoms with Crippen molar-refractivity contribution in [2.75, 3.05) is 5.32 Å². The van der Waals surface area contributed by atoms with E-state index in [1.807, 2.05) is 24.3 Å². The minimum atomic E-state index is -0.0231. The second kappa shape index (κ2) is 8.21. The van der Waals surface area contributed by atoms with Gasteiger partial charge in [0.25, 0.3) is 0 Å². The van der Waals surface area contributed by atoms with Crippen molar-refractivity contribution in [1.29, 1.82) is 0 Å². The first-order valence-corrected chi connectivity index (χ1v) is 11.2. The number of benzene rings is 1. The lowest BCUT2D eigenvalue weighted by molar-refractivity contribution is -0.121. The fourth-order valence-electron chi connectivity index (χ4n) is 4.53. The molecule has 3 heterocycles. The molecule has 162 valence electrons. The number of pyridine rings is 1. The van der Waals surface area contributed by atoms with E-state index >= 15 is 0 Å². The fourth-order valence-corrected chi connectivity index (χ4v) is 4.53. The number of unbranched alkanes of at least 4 members (excludes halogenated alkanes) is 3. The van der Waals surface area contributed by atoms with Crippen molar-refractivity contribution in [1.82, 2.24) is 10.3 Å². The maximum atomic E-state index is 12.2. The Kier molecular flexibility index (Phi) is 5.26. The summed E-state index contributed by atoms with van der Waals surface area (Å²) < 4.78 is 12.2. The first-order valence-electron chi connectivity index (χ1n) is 11.2. The molecule has 1 fully saturated rings. The Morgan fingerprint density at radius 2 is 2.16 bits per heavy atom. The van der Waals surface area contributed by atoms with E-state index in [-0.39, 0.29) is 29.9 Å². The van der Waals surface area contributed by atoms with Gasteiger partial charge in [-0.25, -0.2) is 4.98 Å². The average Bonchev–Trinajstić information content (AvgIpc) is 3.27. The molecule has 2 amide bonds. The van der Waals surface area contributed by atoms with Crippen molar-refractivity contribution in [2.45, 2.75) is 69.9 Å². The van der Waals surface area contributed by atoms with Crippen molar-refractivity contribution in [3.05, 3.63) is 41.6 Å². The average molecular weight is 421 g/mol. The molecule has 0 spiro atoms. The summed E-state index contributed by atoms with van der Waals surface area (Å²) in [4.78, 5) is 28.1. The van der Waals surface area contributed by atoms with Crippen molar-refractivity contribution in [3.8, 4) is 17.2 Å². The first-order chi connectivity index (χ1) is 15.1. The van der Waals surface area contributed by atoms with Crippen LogP contribution >= 0.6 is 0 Å². The highest BCUT2D eigenvalue weighted by molar-refractivity contribution is 5.93. The number of carbonyl (C=O) groups excluding carboxylic acids is 2. The Labute approximate surface area is 181 Å². The summed E-state index contributed by atoms with van der Waals surface area (Å²) >= 11 is 0. The molecule has 0 unspecified atom stereocenters. The summed E-state index contributed by atoms with van der Waals surface area (Å²) in [5, 5.41) is 5.93. The van der Waals surface area contributed by atoms with E-state index < -0.39 is 0 Å². The number of rotatable bonds is 8. The predicted octanol–water partition coefficient (Wildman–Crippen LogP) is 4.07. The van der Waals surface area contributed by atoms with E-state index in [0.717, 1.165) is 29.7 Å². The van der Waals surface area contributed by atoms with Gasteiger partial charge in [-0.05, 0) is 37.1 Å². The van der Waals surface area contributed by atoms with Crippen LogP contribution < -0.4 is 20.1 Å². The van der Waals surface area contributed by atoms with E-state index in [1.165, 1.54) is 12.8 Å². The molecule has 2 N–H and O–H groups in total. The van der Waals surface area contributed by atoms with Gasteiger partial charge in [0.2, 0.25) is 11.8 Å². The molecule has 1 saturated carbocycles. The van der Waals surface area contributed by atoms with Crippen LogP contribution in [0.3, 0.4) is 0 Å². The number of aromatic nitrogens is 1. The van der Waals surface area contributed by atoms with E-state index in [4.69, 9.17) is 9.47 Å². The molecular weight excluding hydrogens is 394 g/mol. The highest BCUT2D eigenvalue weighted by Gasteiger charge is 2.59. The Morgan fingerprint density at radius 1 is 1.26 bits per heavy atom. The smallest absolute Gasteiger partial charge is 0.225 e. The van der Waals surface area contributed by atoms with Crippen molar-refractivity contribution < 1.29 is 19.1 Å². The molecule has 1 aliphatic carbocycles. The second-order valence-electron chi connectivity index (χ2n) is 8.50. The number of ether oxygens (including phenoxy) is 2. The number of nitrogens with one attached hydrogen (secondary N) is 2. The lowest BCUT2D eigenvalue weighted by Crippen LogP contribution is -2.29. The summed E-state index contributed by atoms with van der Waals surface area (Å²) in [6, 6.07) is 7.68. The molecule has 7 nitrogen and oxygen atoms in total. The predicted molar refractivity (Wildman–Crippen MR) is 116 cm³/mol. The zero-order chi connectivity index (χ0) is 21.4. The van der Waals surface area contributed by atoms with Crippen molar-refractivity contribution in [3.63, 3.8) is 0 Å². The molecule has 1 aromatic heterocycles. The SMILES string of the molecule is CCCCCCC(=O)N[C@H]1[C@H]2Oc3ccc(Oc4ccnc5c4CCC(=O)N5)cc3[C@@H]12. The Bertz CT molecular complexity index is 1020. The highest BCUT2D eigenvalue weighted by atomic mass is 16.5. The van der Waals surface area contributed by atoms with Crippen molar-refractivity contribution >= 4 is 17.6 Å². The summed E-state index contributed by atoms with van der Waals surface area (Å²) in [5.74, 6) is 3.12. The molecule has 3 aliphatic rings. The van der Waals surface area contributed by atoms with Crippen LogP contribution in [-0.2, 0) is 16.0 Å². The molecule has 31 heavy (non-hydrogen) atoms. The topological polar surface area (TPSA) is 89.6 Å². The van der Waals surface area contributed by atoms with E-state index in [1.54, 1.807) is 6.20 Å². The quantitative estimate of drug-likeness (QED) is 0.627. The standard InChI is InChI=1S/C24H27N3O4/c1-2-3-4-5-6-19(28)26-22-21-16-13-14(7-9-17(16)31-23(21)22)30-18-11-12-25-24-15(18)8-10-20(29)27-24/h7,9,11-13,21-23H,2-6,8,10H2,1H3,(H,26,28)(H,25,27,29)/t21-,22+,23-/m0/s1. The first kappa shape index (κ1) is 19.8. The van der Waals surface area contributed by atoms with E-state index in [2.05, 4.69) is 22.5 Å². The number of amides is 2. The molecule has 0 radical (unpaired) electrons. The van der Waals surface area contributed by atoms with Gasteiger partial charge in [0.15, 0.2) is 0 Å². The third-order valence-corrected chi connectivity index (χ3v) is 6.24. The van der Waals surface area contributed by atoms with Gasteiger partial charge in [-0.3, -0.25) is 9.59 Å². The Hall–Kier alpha value is -3.09. The van der Waals surface area contributed by atoms with Crippen LogP contribution in [0.4, 0.5) is 5.82 Å². The van der Waals surface area contributed by atoms with Gasteiger partial charge in [-0.2, -0.15) is 0 Å². The van der Waals surface area contributed by atoms with Gasteiger partial charge in [0.1, 0.15) is 29.2 Å². The van der Waals surface area contributed by atoms with Gasteiger partial charge in [0, 0.05) is 30.2 Å². The molecule has 3 atom stereocenters. The maximum Gasteiger partial charge on any atom is 0.225 e. The van der Waals surface area contributed by atoms with E-state index in [9.17, 15) is 9.59 Å². The monoisotopic (exact) mass is 421 g/mol. The minimum absolute atomic E-state index is 0.0220. The molecule has 5 rings (SSSR count). The highest BCUT2D eigenvalue weighted by Crippen LogP contribution is 2.54. The molecule has 7 heteroatoms. The largest absolute Gasteiger partial charge is 0.487 e. The van der Waals surface area contributed by atoms with Gasteiger partial charge in [-0.15, -0.1) is 0 Å². The number of hydrogen-bond acceptors (Lipinski definition) is 5. The molecule has 2 aromatic rings. The van der Waals surface area contributed by atoms with Crippen molar-refractivity contribution in [2.24, 2.45) is 0 Å². The zero-order valence-corrected chi connectivity index (χ0v) is 17.6. The van der Waals surface area contributed by atoms with Crippen LogP contribution in [0, 0.1) is 0 Å². The summed E-state index contributed by atoms with van der Waals surface area (Å²) in [6.45, 7) is 2.17. The minimum Gasteiger partial charge on any atom is -0.487 e. The Balaban J connectivity index is 1.24. The van der Waals surface area contributed by atoms with Gasteiger partial charge in [-0.1, -0.05) is 26.2 Å². The zero-order valence-electron chi connectivity index (χ0n) is 17.6. The fraction of sp³-hybridized carbons (Fsp3) is 0.458. The molecule has 0 saturated heterocycles. The van der Waals surface area contributed by atoms with Crippen LogP contribution in [-0.4, -0.2) is 28.9 Å². The third-order valence-electron chi connectivity index (χ3n) is 6.24. The summed E-state index contributed by atoms with van der Waals surface area (Å²) in [6.07, 6.45) is 7.65. The second-order valence-corrected chi connectivity index (χ2v) is 8.50. The van der Waals surface area contributed by atoms with Gasteiger partial charge < -0.3 is 20.1 Å². The lowest BCUT2D eigenvalue weighted by atomic mass is 10.1. The van der Waals surface area contributed by atoms with Gasteiger partial charge in [0.05, 0.1) is 12.0 Å². The number of fused-ring (bicyclic) bond motifs is 4. The van der Waals surface area contributed by atoms with Crippen LogP contribution in [0.2, 0.25) is 0 Å². The molecule has 1 aromatic carbocycles. The van der Waals surface area contributed by atoms with Crippen LogP contribution in [0.15, 0.2) is 30.5 Å². The lowest BCUT2D eigenvalue weighted by Gasteiger charge is -2.19. The number of carbonyl (C=O) groups is 2. The number of hydrogen-bond donors (Lipinski definition) is 2. The van der Waals surface area contributed by atoms with Crippen LogP contribution in [0.5, 0.6) is 17.2 Å². The molecule has 2 aliphatic heterocycles. The van der Waals surface area contributed by atoms with Gasteiger partial charge >= 0.3 is 0 Å². The summed E-state index contributed by atoms with van der Waals surface area (Å²) in [7, 11) is 0. The number of anilines is 1. The molecule has 0 bridgehead atoms. The Morgan fingerprint density at radius 3 is 3.03 bits per heavy atom. The van der Waals surface area contributed by atoms with Crippen LogP contribution in [0.1, 0.15) is 62.5 Å². The summed E-state index contributed by atoms with van der Waals surface area (Å²) in [5.41, 5.74) is 1.99. The normalized spacial score (nSPS) is 22.5. The molecular formula is C24H27N3O4.